The van der Waals surface area contributed by atoms with Crippen molar-refractivity contribution >= 4 is 21.9 Å². The summed E-state index contributed by atoms with van der Waals surface area (Å²) in [6.45, 7) is 12.9. The molecular formula is C21H26N4O4S. The second kappa shape index (κ2) is 9.00. The summed E-state index contributed by atoms with van der Waals surface area (Å²) in [5.41, 5.74) is 3.96. The van der Waals surface area contributed by atoms with Crippen LogP contribution in [0.25, 0.3) is 16.0 Å². The molecule has 1 aromatic carbocycles. The van der Waals surface area contributed by atoms with E-state index in [1.165, 1.54) is 4.31 Å². The van der Waals surface area contributed by atoms with Crippen LogP contribution in [0, 0.1) is 6.57 Å². The number of esters is 1. The molecule has 160 valence electrons. The molecule has 0 spiro atoms. The van der Waals surface area contributed by atoms with E-state index in [2.05, 4.69) is 9.57 Å². The molecule has 1 saturated heterocycles. The number of nitrogens with one attached hydrogen (secondary N) is 1. The number of aromatic nitrogens is 1. The van der Waals surface area contributed by atoms with Gasteiger partial charge in [0.1, 0.15) is 5.69 Å². The average Bonchev–Trinajstić information content (AvgIpc) is 3.21. The van der Waals surface area contributed by atoms with Crippen molar-refractivity contribution in [3.8, 4) is 11.1 Å². The quantitative estimate of drug-likeness (QED) is 0.541. The van der Waals surface area contributed by atoms with Crippen molar-refractivity contribution in [2.75, 3.05) is 26.2 Å². The molecule has 0 saturated carbocycles. The van der Waals surface area contributed by atoms with Gasteiger partial charge < -0.3 is 9.30 Å². The summed E-state index contributed by atoms with van der Waals surface area (Å²) in [7, 11) is -1.57. The zero-order chi connectivity index (χ0) is 21.9. The number of carbonyl (C=O) groups is 1. The van der Waals surface area contributed by atoms with E-state index in [4.69, 9.17) is 11.3 Å². The van der Waals surface area contributed by atoms with E-state index >= 15 is 0 Å². The third kappa shape index (κ3) is 4.12. The van der Waals surface area contributed by atoms with Gasteiger partial charge in [0.2, 0.25) is 5.69 Å². The van der Waals surface area contributed by atoms with Crippen LogP contribution < -0.4 is 4.72 Å². The fourth-order valence-corrected chi connectivity index (χ4v) is 4.98. The molecule has 1 aromatic heterocycles. The molecule has 30 heavy (non-hydrogen) atoms. The molecule has 0 aliphatic carbocycles. The topological polar surface area (TPSA) is 85.0 Å². The Morgan fingerprint density at radius 1 is 1.27 bits per heavy atom. The maximum atomic E-state index is 12.6. The lowest BCUT2D eigenvalue weighted by atomic mass is 10.0. The van der Waals surface area contributed by atoms with E-state index in [0.717, 1.165) is 16.8 Å². The van der Waals surface area contributed by atoms with Crippen molar-refractivity contribution in [2.45, 2.75) is 26.7 Å². The predicted octanol–water partition coefficient (Wildman–Crippen LogP) is 2.67. The molecule has 0 radical (unpaired) electrons. The molecule has 1 fully saturated rings. The highest BCUT2D eigenvalue weighted by atomic mass is 32.2. The van der Waals surface area contributed by atoms with Crippen molar-refractivity contribution in [1.29, 1.82) is 0 Å². The lowest BCUT2D eigenvalue weighted by Crippen LogP contribution is -2.31. The first-order chi connectivity index (χ1) is 14.3. The Hall–Kier alpha value is -2.67. The van der Waals surface area contributed by atoms with Crippen molar-refractivity contribution in [1.82, 2.24) is 13.6 Å². The highest BCUT2D eigenvalue weighted by Crippen LogP contribution is 2.39. The predicted molar refractivity (Wildman–Crippen MR) is 115 cm³/mol. The van der Waals surface area contributed by atoms with E-state index in [-0.39, 0.29) is 6.61 Å². The third-order valence-electron chi connectivity index (χ3n) is 5.28. The van der Waals surface area contributed by atoms with Gasteiger partial charge in [0.25, 0.3) is 10.2 Å². The molecule has 0 atom stereocenters. The standard InChI is InChI=1S/C21H26N4O4S/c1-5-17-19(22-3)18(20(24(17)4)21(26)29-6-2)16-9-7-15(8-10-16)11-13-25-14-12-23-30(25,27)28/h7-10,23H,5-6,11-14H2,1-2,4H3. The lowest BCUT2D eigenvalue weighted by molar-refractivity contribution is 0.0516. The largest absolute Gasteiger partial charge is 0.461 e. The van der Waals surface area contributed by atoms with Crippen LogP contribution in [0.5, 0.6) is 0 Å². The fraction of sp³-hybridized carbons (Fsp3) is 0.429. The molecule has 2 heterocycles. The van der Waals surface area contributed by atoms with Crippen molar-refractivity contribution in [2.24, 2.45) is 7.05 Å². The average molecular weight is 431 g/mol. The number of carbonyl (C=O) groups excluding carboxylic acids is 1. The summed E-state index contributed by atoms with van der Waals surface area (Å²) in [6, 6.07) is 7.57. The first-order valence-electron chi connectivity index (χ1n) is 9.94. The van der Waals surface area contributed by atoms with Crippen LogP contribution in [-0.2, 0) is 34.8 Å². The molecule has 1 N–H and O–H groups in total. The normalized spacial score (nSPS) is 15.8. The van der Waals surface area contributed by atoms with Crippen LogP contribution in [-0.4, -0.2) is 49.5 Å². The Labute approximate surface area is 177 Å². The van der Waals surface area contributed by atoms with Gasteiger partial charge in [-0.3, -0.25) is 0 Å². The summed E-state index contributed by atoms with van der Waals surface area (Å²) < 4.78 is 34.6. The highest BCUT2D eigenvalue weighted by molar-refractivity contribution is 7.87. The first kappa shape index (κ1) is 22.0. The zero-order valence-electron chi connectivity index (χ0n) is 17.4. The summed E-state index contributed by atoms with van der Waals surface area (Å²) in [4.78, 5) is 16.3. The highest BCUT2D eigenvalue weighted by Gasteiger charge is 2.28. The molecule has 0 amide bonds. The molecule has 8 nitrogen and oxygen atoms in total. The summed E-state index contributed by atoms with van der Waals surface area (Å²) in [6.07, 6.45) is 1.20. The monoisotopic (exact) mass is 430 g/mol. The number of hydrogen-bond acceptors (Lipinski definition) is 4. The second-order valence-corrected chi connectivity index (χ2v) is 8.76. The van der Waals surface area contributed by atoms with Gasteiger partial charge in [-0.15, -0.1) is 0 Å². The van der Waals surface area contributed by atoms with Crippen molar-refractivity contribution in [3.63, 3.8) is 0 Å². The minimum absolute atomic E-state index is 0.255. The number of ether oxygens (including phenoxy) is 1. The summed E-state index contributed by atoms with van der Waals surface area (Å²) in [5, 5.41) is 0. The first-order valence-corrected chi connectivity index (χ1v) is 11.4. The van der Waals surface area contributed by atoms with Gasteiger partial charge in [-0.1, -0.05) is 31.2 Å². The lowest BCUT2D eigenvalue weighted by Gasteiger charge is -2.13. The van der Waals surface area contributed by atoms with Crippen LogP contribution in [0.2, 0.25) is 0 Å². The van der Waals surface area contributed by atoms with E-state index < -0.39 is 16.2 Å². The fourth-order valence-electron chi connectivity index (χ4n) is 3.79. The van der Waals surface area contributed by atoms with E-state index in [1.54, 1.807) is 18.5 Å². The van der Waals surface area contributed by atoms with E-state index in [1.807, 2.05) is 31.2 Å². The van der Waals surface area contributed by atoms with E-state index in [9.17, 15) is 13.2 Å². The number of rotatable bonds is 7. The van der Waals surface area contributed by atoms with Crippen molar-refractivity contribution in [3.05, 3.63) is 52.6 Å². The maximum Gasteiger partial charge on any atom is 0.354 e. The summed E-state index contributed by atoms with van der Waals surface area (Å²) in [5.74, 6) is -0.449. The van der Waals surface area contributed by atoms with Gasteiger partial charge in [-0.05, 0) is 30.9 Å². The number of benzene rings is 1. The van der Waals surface area contributed by atoms with Crippen LogP contribution in [0.1, 0.15) is 35.6 Å². The van der Waals surface area contributed by atoms with Crippen LogP contribution in [0.15, 0.2) is 24.3 Å². The van der Waals surface area contributed by atoms with Gasteiger partial charge in [-0.25, -0.2) is 14.4 Å². The Morgan fingerprint density at radius 2 is 1.97 bits per heavy atom. The smallest absolute Gasteiger partial charge is 0.354 e. The molecule has 3 rings (SSSR count). The SMILES string of the molecule is [C-]#[N+]c1c(-c2ccc(CCN3CCNS3(=O)=O)cc2)c(C(=O)OCC)n(C)c1CC. The third-order valence-corrected chi connectivity index (χ3v) is 6.89. The summed E-state index contributed by atoms with van der Waals surface area (Å²) >= 11 is 0. The number of nitrogens with zero attached hydrogens (tertiary/aromatic N) is 3. The molecule has 1 aliphatic rings. The van der Waals surface area contributed by atoms with E-state index in [0.29, 0.717) is 49.4 Å². The second-order valence-electron chi connectivity index (χ2n) is 7.01. The molecule has 0 unspecified atom stereocenters. The number of hydrogen-bond donors (Lipinski definition) is 1. The van der Waals surface area contributed by atoms with Gasteiger partial charge >= 0.3 is 5.97 Å². The van der Waals surface area contributed by atoms with Gasteiger partial charge in [0, 0.05) is 37.9 Å². The Kier molecular flexibility index (Phi) is 6.61. The molecule has 0 bridgehead atoms. The van der Waals surface area contributed by atoms with Gasteiger partial charge in [0.05, 0.1) is 13.2 Å². The maximum absolute atomic E-state index is 12.6. The minimum Gasteiger partial charge on any atom is -0.461 e. The molecular weight excluding hydrogens is 404 g/mol. The Bertz CT molecular complexity index is 1080. The van der Waals surface area contributed by atoms with Crippen LogP contribution in [0.4, 0.5) is 5.69 Å². The Balaban J connectivity index is 1.92. The Morgan fingerprint density at radius 3 is 2.50 bits per heavy atom. The minimum atomic E-state index is -3.35. The van der Waals surface area contributed by atoms with Crippen LogP contribution >= 0.6 is 0 Å². The molecule has 2 aromatic rings. The van der Waals surface area contributed by atoms with Gasteiger partial charge in [0.15, 0.2) is 0 Å². The molecule has 9 heteroatoms. The van der Waals surface area contributed by atoms with Crippen molar-refractivity contribution < 1.29 is 17.9 Å². The zero-order valence-corrected chi connectivity index (χ0v) is 18.3. The van der Waals surface area contributed by atoms with Crippen LogP contribution in [0.3, 0.4) is 0 Å². The molecule has 1 aliphatic heterocycles. The van der Waals surface area contributed by atoms with Gasteiger partial charge in [-0.2, -0.15) is 12.7 Å².